The van der Waals surface area contributed by atoms with Crippen LogP contribution in [0.4, 0.5) is 0 Å². The van der Waals surface area contributed by atoms with Crippen LogP contribution < -0.4 is 5.56 Å². The molecule has 0 spiro atoms. The number of hydrogen-bond acceptors (Lipinski definition) is 8. The topological polar surface area (TPSA) is 102 Å². The number of benzene rings is 1. The van der Waals surface area contributed by atoms with Crippen LogP contribution in [0.2, 0.25) is 0 Å². The molecule has 30 heavy (non-hydrogen) atoms. The Bertz CT molecular complexity index is 1350. The lowest BCUT2D eigenvalue weighted by Gasteiger charge is -2.01. The van der Waals surface area contributed by atoms with Crippen molar-refractivity contribution >= 4 is 28.6 Å². The molecule has 10 heteroatoms. The molecule has 150 valence electrons. The predicted octanol–water partition coefficient (Wildman–Crippen LogP) is 4.05. The largest absolute Gasteiger partial charge is 0.338 e. The smallest absolute Gasteiger partial charge is 0.290 e. The number of hydrogen-bond donors (Lipinski definition) is 1. The fourth-order valence-corrected chi connectivity index (χ4v) is 4.37. The van der Waals surface area contributed by atoms with E-state index in [4.69, 9.17) is 4.52 Å². The van der Waals surface area contributed by atoms with Crippen molar-refractivity contribution in [1.82, 2.24) is 30.0 Å². The molecule has 0 fully saturated rings. The number of aromatic amines is 1. The molecule has 0 atom stereocenters. The van der Waals surface area contributed by atoms with Crippen LogP contribution >= 0.6 is 23.1 Å². The Hall–Kier alpha value is -3.24. The summed E-state index contributed by atoms with van der Waals surface area (Å²) in [6, 6.07) is 13.8. The van der Waals surface area contributed by atoms with E-state index in [2.05, 4.69) is 44.5 Å². The molecule has 0 aliphatic rings. The van der Waals surface area contributed by atoms with E-state index in [9.17, 15) is 4.79 Å². The second kappa shape index (κ2) is 7.88. The Morgan fingerprint density at radius 3 is 2.87 bits per heavy atom. The van der Waals surface area contributed by atoms with Gasteiger partial charge in [-0.25, -0.2) is 9.61 Å². The van der Waals surface area contributed by atoms with Crippen molar-refractivity contribution in [2.24, 2.45) is 0 Å². The van der Waals surface area contributed by atoms with Gasteiger partial charge in [0.15, 0.2) is 0 Å². The quantitative estimate of drug-likeness (QED) is 0.401. The van der Waals surface area contributed by atoms with Gasteiger partial charge in [-0.3, -0.25) is 4.79 Å². The molecule has 1 N–H and O–H groups in total. The standard InChI is InChI=1S/C20H16N6O2S2/c1-2-12-5-7-13(8-6-12)14-10-15-19(27)22-23-20(26(15)24-14)30-11-17-21-18(25-28-17)16-4-3-9-29-16/h3-10H,2,11H2,1H3,(H,22,27). The number of nitrogens with zero attached hydrogens (tertiary/aromatic N) is 5. The van der Waals surface area contributed by atoms with Crippen molar-refractivity contribution in [2.45, 2.75) is 24.3 Å². The molecule has 0 aliphatic heterocycles. The van der Waals surface area contributed by atoms with Crippen molar-refractivity contribution in [3.05, 3.63) is 69.7 Å². The molecule has 0 radical (unpaired) electrons. The molecular weight excluding hydrogens is 420 g/mol. The highest BCUT2D eigenvalue weighted by atomic mass is 32.2. The molecule has 0 bridgehead atoms. The highest BCUT2D eigenvalue weighted by molar-refractivity contribution is 7.98. The van der Waals surface area contributed by atoms with Gasteiger partial charge in [0.1, 0.15) is 5.52 Å². The highest BCUT2D eigenvalue weighted by Crippen LogP contribution is 2.26. The summed E-state index contributed by atoms with van der Waals surface area (Å²) < 4.78 is 6.90. The SMILES string of the molecule is CCc1ccc(-c2cc3c(=O)[nH]nc(SCc4nc(-c5cccs5)no4)n3n2)cc1. The van der Waals surface area contributed by atoms with Gasteiger partial charge in [-0.15, -0.1) is 16.4 Å². The minimum atomic E-state index is -0.291. The van der Waals surface area contributed by atoms with Crippen molar-refractivity contribution in [3.8, 4) is 22.0 Å². The molecular formula is C20H16N6O2S2. The van der Waals surface area contributed by atoms with E-state index in [1.807, 2.05) is 29.6 Å². The number of thiophene rings is 1. The van der Waals surface area contributed by atoms with Gasteiger partial charge >= 0.3 is 0 Å². The number of aromatic nitrogens is 6. The summed E-state index contributed by atoms with van der Waals surface area (Å²) in [4.78, 5) is 17.6. The maximum atomic E-state index is 12.3. The summed E-state index contributed by atoms with van der Waals surface area (Å²) in [5, 5.41) is 17.8. The zero-order valence-corrected chi connectivity index (χ0v) is 17.5. The van der Waals surface area contributed by atoms with Gasteiger partial charge in [0, 0.05) is 5.56 Å². The van der Waals surface area contributed by atoms with E-state index < -0.39 is 0 Å². The summed E-state index contributed by atoms with van der Waals surface area (Å²) in [7, 11) is 0. The molecule has 4 aromatic heterocycles. The van der Waals surface area contributed by atoms with Crippen molar-refractivity contribution < 1.29 is 4.52 Å². The van der Waals surface area contributed by atoms with Gasteiger partial charge in [-0.2, -0.15) is 10.1 Å². The first kappa shape index (κ1) is 18.8. The van der Waals surface area contributed by atoms with Gasteiger partial charge in [-0.1, -0.05) is 54.2 Å². The van der Waals surface area contributed by atoms with E-state index in [0.29, 0.717) is 28.1 Å². The molecule has 0 saturated heterocycles. The van der Waals surface area contributed by atoms with Crippen LogP contribution in [-0.4, -0.2) is 30.0 Å². The molecule has 8 nitrogen and oxygen atoms in total. The molecule has 1 aromatic carbocycles. The minimum Gasteiger partial charge on any atom is -0.338 e. The lowest BCUT2D eigenvalue weighted by Crippen LogP contribution is -2.13. The lowest BCUT2D eigenvalue weighted by molar-refractivity contribution is 0.391. The Kier molecular flexibility index (Phi) is 4.93. The number of H-pyrrole nitrogens is 1. The third-order valence-corrected chi connectivity index (χ3v) is 6.35. The number of nitrogens with one attached hydrogen (secondary N) is 1. The van der Waals surface area contributed by atoms with Crippen LogP contribution in [0.3, 0.4) is 0 Å². The first-order valence-corrected chi connectivity index (χ1v) is 11.1. The van der Waals surface area contributed by atoms with E-state index in [0.717, 1.165) is 22.6 Å². The highest BCUT2D eigenvalue weighted by Gasteiger charge is 2.15. The van der Waals surface area contributed by atoms with Crippen LogP contribution in [-0.2, 0) is 12.2 Å². The third kappa shape index (κ3) is 3.55. The molecule has 4 heterocycles. The van der Waals surface area contributed by atoms with Crippen molar-refractivity contribution in [3.63, 3.8) is 0 Å². The van der Waals surface area contributed by atoms with Gasteiger partial charge < -0.3 is 4.52 Å². The van der Waals surface area contributed by atoms with Crippen LogP contribution in [0.25, 0.3) is 27.5 Å². The third-order valence-electron chi connectivity index (χ3n) is 4.57. The Labute approximate surface area is 179 Å². The molecule has 0 amide bonds. The zero-order chi connectivity index (χ0) is 20.5. The van der Waals surface area contributed by atoms with Crippen LogP contribution in [0.1, 0.15) is 18.4 Å². The van der Waals surface area contributed by atoms with E-state index >= 15 is 0 Å². The molecule has 0 aliphatic carbocycles. The van der Waals surface area contributed by atoms with Crippen molar-refractivity contribution in [1.29, 1.82) is 0 Å². The molecule has 5 rings (SSSR count). The molecule has 0 unspecified atom stereocenters. The molecule has 0 saturated carbocycles. The average Bonchev–Trinajstić information content (AvgIpc) is 3.53. The first-order valence-electron chi connectivity index (χ1n) is 9.28. The van der Waals surface area contributed by atoms with Crippen LogP contribution in [0.15, 0.2) is 62.3 Å². The van der Waals surface area contributed by atoms with Gasteiger partial charge in [0.25, 0.3) is 5.56 Å². The van der Waals surface area contributed by atoms with Gasteiger partial charge in [0.2, 0.25) is 16.9 Å². The number of rotatable bonds is 6. The van der Waals surface area contributed by atoms with Crippen molar-refractivity contribution in [2.75, 3.05) is 0 Å². The number of aryl methyl sites for hydroxylation is 1. The average molecular weight is 437 g/mol. The van der Waals surface area contributed by atoms with Gasteiger partial charge in [0.05, 0.1) is 16.3 Å². The van der Waals surface area contributed by atoms with E-state index in [-0.39, 0.29) is 5.56 Å². The second-order valence-electron chi connectivity index (χ2n) is 6.49. The number of fused-ring (bicyclic) bond motifs is 1. The maximum Gasteiger partial charge on any atom is 0.290 e. The monoisotopic (exact) mass is 436 g/mol. The minimum absolute atomic E-state index is 0.291. The summed E-state index contributed by atoms with van der Waals surface area (Å²) in [6.45, 7) is 2.11. The summed E-state index contributed by atoms with van der Waals surface area (Å²) >= 11 is 2.92. The molecule has 5 aromatic rings. The van der Waals surface area contributed by atoms with E-state index in [1.165, 1.54) is 17.3 Å². The number of thioether (sulfide) groups is 1. The predicted molar refractivity (Wildman–Crippen MR) is 116 cm³/mol. The Morgan fingerprint density at radius 1 is 1.23 bits per heavy atom. The summed E-state index contributed by atoms with van der Waals surface area (Å²) in [5.41, 5.74) is 3.06. The van der Waals surface area contributed by atoms with E-state index in [1.54, 1.807) is 21.9 Å². The summed E-state index contributed by atoms with van der Waals surface area (Å²) in [6.07, 6.45) is 0.972. The summed E-state index contributed by atoms with van der Waals surface area (Å²) in [5.74, 6) is 1.46. The fourth-order valence-electron chi connectivity index (χ4n) is 2.98. The lowest BCUT2D eigenvalue weighted by atomic mass is 10.1. The van der Waals surface area contributed by atoms with Crippen LogP contribution in [0, 0.1) is 0 Å². The normalized spacial score (nSPS) is 11.4. The second-order valence-corrected chi connectivity index (χ2v) is 8.38. The van der Waals surface area contributed by atoms with Crippen LogP contribution in [0.5, 0.6) is 0 Å². The Balaban J connectivity index is 1.42. The first-order chi connectivity index (χ1) is 14.7. The zero-order valence-electron chi connectivity index (χ0n) is 15.9. The fraction of sp³-hybridized carbons (Fsp3) is 0.150. The Morgan fingerprint density at radius 2 is 2.10 bits per heavy atom. The van der Waals surface area contributed by atoms with Gasteiger partial charge in [-0.05, 0) is 29.5 Å². The maximum absolute atomic E-state index is 12.3.